The molecule has 1 aromatic rings. The van der Waals surface area contributed by atoms with Gasteiger partial charge < -0.3 is 15.2 Å². The summed E-state index contributed by atoms with van der Waals surface area (Å²) in [6, 6.07) is 7.92. The standard InChI is InChI=1S/C22H32N2O4/c1-14-7-5-6-8-17(14)19-18(13-22(2,24(19)3)21(27)28-4)20(26)23-15-9-11-16(25)12-10-15/h5-8,15-16,18-19,25H,9-13H2,1-4H3,(H,23,26)/t15?,16?,18-,19-,22-/m0/s1. The van der Waals surface area contributed by atoms with Gasteiger partial charge in [0.15, 0.2) is 0 Å². The predicted molar refractivity (Wildman–Crippen MR) is 107 cm³/mol. The van der Waals surface area contributed by atoms with Crippen LogP contribution in [-0.4, -0.2) is 53.7 Å². The number of rotatable bonds is 4. The molecule has 1 aliphatic heterocycles. The number of nitrogens with zero attached hydrogens (tertiary/aromatic N) is 1. The minimum Gasteiger partial charge on any atom is -0.468 e. The van der Waals surface area contributed by atoms with Crippen LogP contribution in [0.1, 0.15) is 56.2 Å². The van der Waals surface area contributed by atoms with Crippen LogP contribution in [0, 0.1) is 12.8 Å². The fourth-order valence-electron chi connectivity index (χ4n) is 4.82. The lowest BCUT2D eigenvalue weighted by Gasteiger charge is -2.34. The van der Waals surface area contributed by atoms with Crippen LogP contribution >= 0.6 is 0 Å². The van der Waals surface area contributed by atoms with Crippen LogP contribution < -0.4 is 5.32 Å². The van der Waals surface area contributed by atoms with Gasteiger partial charge in [0.05, 0.1) is 19.1 Å². The molecule has 0 unspecified atom stereocenters. The van der Waals surface area contributed by atoms with Gasteiger partial charge in [0.25, 0.3) is 0 Å². The third-order valence-electron chi connectivity index (χ3n) is 6.71. The molecule has 1 aromatic carbocycles. The van der Waals surface area contributed by atoms with Crippen molar-refractivity contribution in [3.63, 3.8) is 0 Å². The fraction of sp³-hybridized carbons (Fsp3) is 0.636. The smallest absolute Gasteiger partial charge is 0.326 e. The molecule has 0 bridgehead atoms. The second kappa shape index (κ2) is 8.21. The van der Waals surface area contributed by atoms with Crippen molar-refractivity contribution in [3.05, 3.63) is 35.4 Å². The number of amides is 1. The quantitative estimate of drug-likeness (QED) is 0.774. The van der Waals surface area contributed by atoms with Gasteiger partial charge in [0, 0.05) is 12.1 Å². The number of hydrogen-bond acceptors (Lipinski definition) is 5. The normalized spacial score (nSPS) is 33.5. The van der Waals surface area contributed by atoms with E-state index in [4.69, 9.17) is 4.74 Å². The van der Waals surface area contributed by atoms with E-state index in [1.165, 1.54) is 7.11 Å². The van der Waals surface area contributed by atoms with Crippen LogP contribution in [0.2, 0.25) is 0 Å². The highest BCUT2D eigenvalue weighted by molar-refractivity contribution is 5.86. The molecule has 6 heteroatoms. The van der Waals surface area contributed by atoms with Crippen molar-refractivity contribution in [2.75, 3.05) is 14.2 Å². The Bertz CT molecular complexity index is 729. The van der Waals surface area contributed by atoms with Gasteiger partial charge in [0.1, 0.15) is 5.54 Å². The number of aliphatic hydroxyl groups is 1. The van der Waals surface area contributed by atoms with E-state index in [0.29, 0.717) is 6.42 Å². The van der Waals surface area contributed by atoms with Gasteiger partial charge in [-0.1, -0.05) is 24.3 Å². The molecular weight excluding hydrogens is 356 g/mol. The Balaban J connectivity index is 1.88. The molecule has 0 radical (unpaired) electrons. The van der Waals surface area contributed by atoms with Crippen molar-refractivity contribution in [1.29, 1.82) is 0 Å². The van der Waals surface area contributed by atoms with Gasteiger partial charge in [-0.3, -0.25) is 14.5 Å². The highest BCUT2D eigenvalue weighted by atomic mass is 16.5. The Kier molecular flexibility index (Phi) is 6.10. The topological polar surface area (TPSA) is 78.9 Å². The van der Waals surface area contributed by atoms with Crippen LogP contribution in [-0.2, 0) is 14.3 Å². The highest BCUT2D eigenvalue weighted by Gasteiger charge is 2.55. The van der Waals surface area contributed by atoms with E-state index >= 15 is 0 Å². The maximum absolute atomic E-state index is 13.3. The van der Waals surface area contributed by atoms with Crippen LogP contribution in [0.15, 0.2) is 24.3 Å². The molecular formula is C22H32N2O4. The molecule has 2 N–H and O–H groups in total. The molecule has 3 atom stereocenters. The van der Waals surface area contributed by atoms with Gasteiger partial charge in [-0.2, -0.15) is 0 Å². The molecule has 28 heavy (non-hydrogen) atoms. The third-order valence-corrected chi connectivity index (χ3v) is 6.71. The zero-order valence-electron chi connectivity index (χ0n) is 17.3. The van der Waals surface area contributed by atoms with Crippen LogP contribution in [0.5, 0.6) is 0 Å². The summed E-state index contributed by atoms with van der Waals surface area (Å²) in [6.07, 6.45) is 3.18. The summed E-state index contributed by atoms with van der Waals surface area (Å²) < 4.78 is 5.07. The maximum atomic E-state index is 13.3. The monoisotopic (exact) mass is 388 g/mol. The summed E-state index contributed by atoms with van der Waals surface area (Å²) in [5.41, 5.74) is 1.32. The van der Waals surface area contributed by atoms with Gasteiger partial charge in [-0.05, 0) is 64.1 Å². The summed E-state index contributed by atoms with van der Waals surface area (Å²) in [4.78, 5) is 27.9. The number of esters is 1. The second-order valence-corrected chi connectivity index (χ2v) is 8.50. The van der Waals surface area contributed by atoms with Gasteiger partial charge >= 0.3 is 5.97 Å². The molecule has 1 amide bonds. The maximum Gasteiger partial charge on any atom is 0.326 e. The van der Waals surface area contributed by atoms with E-state index in [9.17, 15) is 14.7 Å². The number of hydrogen-bond donors (Lipinski definition) is 2. The average Bonchev–Trinajstić information content (AvgIpc) is 2.96. The van der Waals surface area contributed by atoms with E-state index < -0.39 is 5.54 Å². The summed E-state index contributed by atoms with van der Waals surface area (Å²) >= 11 is 0. The number of carbonyl (C=O) groups is 2. The Morgan fingerprint density at radius 3 is 2.46 bits per heavy atom. The molecule has 154 valence electrons. The number of benzene rings is 1. The Hall–Kier alpha value is -1.92. The van der Waals surface area contributed by atoms with E-state index in [1.807, 2.05) is 50.1 Å². The Morgan fingerprint density at radius 1 is 1.21 bits per heavy atom. The fourth-order valence-corrected chi connectivity index (χ4v) is 4.82. The number of likely N-dealkylation sites (tertiary alicyclic amines) is 1. The number of likely N-dealkylation sites (N-methyl/N-ethyl adjacent to an activating group) is 1. The first-order valence-electron chi connectivity index (χ1n) is 10.1. The minimum absolute atomic E-state index is 0.0193. The molecule has 1 heterocycles. The Morgan fingerprint density at radius 2 is 1.86 bits per heavy atom. The van der Waals surface area contributed by atoms with E-state index in [1.54, 1.807) is 0 Å². The van der Waals surface area contributed by atoms with Crippen LogP contribution in [0.25, 0.3) is 0 Å². The van der Waals surface area contributed by atoms with Gasteiger partial charge in [-0.15, -0.1) is 0 Å². The number of ether oxygens (including phenoxy) is 1. The lowest BCUT2D eigenvalue weighted by atomic mass is 9.87. The zero-order valence-corrected chi connectivity index (χ0v) is 17.3. The number of methoxy groups -OCH3 is 1. The molecule has 1 saturated carbocycles. The zero-order chi connectivity index (χ0) is 20.5. The lowest BCUT2D eigenvalue weighted by Crippen LogP contribution is -2.47. The molecule has 0 spiro atoms. The summed E-state index contributed by atoms with van der Waals surface area (Å²) in [5.74, 6) is -0.680. The number of nitrogens with one attached hydrogen (secondary N) is 1. The van der Waals surface area contributed by atoms with Gasteiger partial charge in [-0.25, -0.2) is 0 Å². The summed E-state index contributed by atoms with van der Waals surface area (Å²) in [6.45, 7) is 3.89. The molecule has 1 aliphatic carbocycles. The molecule has 3 rings (SSSR count). The minimum atomic E-state index is -0.855. The number of carbonyl (C=O) groups excluding carboxylic acids is 2. The predicted octanol–water partition coefficient (Wildman–Crippen LogP) is 2.34. The van der Waals surface area contributed by atoms with Crippen molar-refractivity contribution in [1.82, 2.24) is 10.2 Å². The molecule has 2 aliphatic rings. The first-order valence-corrected chi connectivity index (χ1v) is 10.1. The van der Waals surface area contributed by atoms with Crippen molar-refractivity contribution in [2.24, 2.45) is 5.92 Å². The lowest BCUT2D eigenvalue weighted by molar-refractivity contribution is -0.152. The third kappa shape index (κ3) is 3.80. The van der Waals surface area contributed by atoms with Crippen LogP contribution in [0.3, 0.4) is 0 Å². The van der Waals surface area contributed by atoms with Crippen molar-refractivity contribution < 1.29 is 19.4 Å². The second-order valence-electron chi connectivity index (χ2n) is 8.50. The summed E-state index contributed by atoms with van der Waals surface area (Å²) in [5, 5.41) is 12.9. The Labute approximate surface area is 167 Å². The summed E-state index contributed by atoms with van der Waals surface area (Å²) in [7, 11) is 3.29. The van der Waals surface area contributed by atoms with E-state index in [0.717, 1.165) is 36.8 Å². The van der Waals surface area contributed by atoms with Crippen molar-refractivity contribution in [2.45, 2.75) is 69.7 Å². The van der Waals surface area contributed by atoms with Crippen molar-refractivity contribution in [3.8, 4) is 0 Å². The molecule has 2 fully saturated rings. The first-order chi connectivity index (χ1) is 13.3. The number of aliphatic hydroxyl groups excluding tert-OH is 1. The molecule has 1 saturated heterocycles. The molecule has 6 nitrogen and oxygen atoms in total. The van der Waals surface area contributed by atoms with E-state index in [-0.39, 0.29) is 36.0 Å². The largest absolute Gasteiger partial charge is 0.468 e. The SMILES string of the molecule is COC(=O)[C@]1(C)C[C@H](C(=O)NC2CCC(O)CC2)[C@H](c2ccccc2C)N1C. The number of aryl methyl sites for hydroxylation is 1. The average molecular weight is 389 g/mol. The van der Waals surface area contributed by atoms with E-state index in [2.05, 4.69) is 5.32 Å². The molecule has 0 aromatic heterocycles. The van der Waals surface area contributed by atoms with Crippen molar-refractivity contribution >= 4 is 11.9 Å². The highest BCUT2D eigenvalue weighted by Crippen LogP contribution is 2.47. The van der Waals surface area contributed by atoms with Gasteiger partial charge in [0.2, 0.25) is 5.91 Å². The van der Waals surface area contributed by atoms with Crippen LogP contribution in [0.4, 0.5) is 0 Å². The first kappa shape index (κ1) is 20.8.